The lowest BCUT2D eigenvalue weighted by Crippen LogP contribution is -2.27. The van der Waals surface area contributed by atoms with Crippen molar-refractivity contribution in [3.8, 4) is 17.2 Å². The molecule has 0 aliphatic rings. The standard InChI is InChI=1S/C14H18N2O4S/c1-3-21(17,18)15-9-8-12-10-20-14(16-12)11-4-6-13(19-2)7-5-11/h4-7,10,15H,3,8-9H2,1-2H3. The molecule has 7 heteroatoms. The molecule has 1 aromatic carbocycles. The number of aromatic nitrogens is 1. The number of rotatable bonds is 7. The fraction of sp³-hybridized carbons (Fsp3) is 0.357. The average Bonchev–Trinajstić information content (AvgIpc) is 2.96. The molecule has 21 heavy (non-hydrogen) atoms. The second-order valence-electron chi connectivity index (χ2n) is 4.42. The first-order valence-corrected chi connectivity index (χ1v) is 8.25. The molecule has 0 aliphatic carbocycles. The fourth-order valence-corrected chi connectivity index (χ4v) is 2.34. The van der Waals surface area contributed by atoms with Gasteiger partial charge in [0.05, 0.1) is 18.6 Å². The van der Waals surface area contributed by atoms with Crippen molar-refractivity contribution < 1.29 is 17.6 Å². The van der Waals surface area contributed by atoms with Gasteiger partial charge in [0.2, 0.25) is 15.9 Å². The van der Waals surface area contributed by atoms with E-state index in [0.717, 1.165) is 11.3 Å². The molecule has 0 saturated heterocycles. The molecule has 0 bridgehead atoms. The lowest BCUT2D eigenvalue weighted by molar-refractivity contribution is 0.415. The molecule has 6 nitrogen and oxygen atoms in total. The molecule has 1 N–H and O–H groups in total. The largest absolute Gasteiger partial charge is 0.497 e. The van der Waals surface area contributed by atoms with Crippen LogP contribution in [0.2, 0.25) is 0 Å². The van der Waals surface area contributed by atoms with Crippen LogP contribution in [0.5, 0.6) is 5.75 Å². The second kappa shape index (κ2) is 6.73. The summed E-state index contributed by atoms with van der Waals surface area (Å²) in [5.41, 5.74) is 1.55. The smallest absolute Gasteiger partial charge is 0.226 e. The highest BCUT2D eigenvalue weighted by Crippen LogP contribution is 2.21. The van der Waals surface area contributed by atoms with Crippen LogP contribution in [0.3, 0.4) is 0 Å². The van der Waals surface area contributed by atoms with Crippen LogP contribution in [0, 0.1) is 0 Å². The number of hydrogen-bond acceptors (Lipinski definition) is 5. The van der Waals surface area contributed by atoms with Crippen LogP contribution in [-0.4, -0.2) is 32.8 Å². The van der Waals surface area contributed by atoms with E-state index in [9.17, 15) is 8.42 Å². The average molecular weight is 310 g/mol. The van der Waals surface area contributed by atoms with Crippen molar-refractivity contribution in [3.63, 3.8) is 0 Å². The maximum atomic E-state index is 11.3. The molecule has 0 saturated carbocycles. The molecule has 1 heterocycles. The molecule has 114 valence electrons. The predicted molar refractivity (Wildman–Crippen MR) is 79.7 cm³/mol. The molecule has 1 aromatic heterocycles. The summed E-state index contributed by atoms with van der Waals surface area (Å²) in [7, 11) is -1.56. The molecular weight excluding hydrogens is 292 g/mol. The van der Waals surface area contributed by atoms with Gasteiger partial charge in [-0.05, 0) is 31.2 Å². The van der Waals surface area contributed by atoms with Gasteiger partial charge in [-0.25, -0.2) is 18.1 Å². The fourth-order valence-electron chi connectivity index (χ4n) is 1.72. The van der Waals surface area contributed by atoms with Crippen molar-refractivity contribution in [3.05, 3.63) is 36.2 Å². The Hall–Kier alpha value is -1.86. The topological polar surface area (TPSA) is 81.4 Å². The highest BCUT2D eigenvalue weighted by molar-refractivity contribution is 7.89. The normalized spacial score (nSPS) is 11.5. The van der Waals surface area contributed by atoms with E-state index < -0.39 is 10.0 Å². The van der Waals surface area contributed by atoms with E-state index in [-0.39, 0.29) is 5.75 Å². The van der Waals surface area contributed by atoms with Gasteiger partial charge in [-0.3, -0.25) is 0 Å². The van der Waals surface area contributed by atoms with Crippen molar-refractivity contribution in [1.29, 1.82) is 0 Å². The number of oxazole rings is 1. The van der Waals surface area contributed by atoms with Crippen LogP contribution in [0.25, 0.3) is 11.5 Å². The first-order chi connectivity index (χ1) is 10.0. The molecule has 0 unspecified atom stereocenters. The van der Waals surface area contributed by atoms with E-state index in [1.807, 2.05) is 24.3 Å². The zero-order valence-electron chi connectivity index (χ0n) is 12.0. The van der Waals surface area contributed by atoms with Crippen molar-refractivity contribution in [1.82, 2.24) is 9.71 Å². The van der Waals surface area contributed by atoms with Gasteiger partial charge in [-0.2, -0.15) is 0 Å². The Morgan fingerprint density at radius 1 is 1.29 bits per heavy atom. The Kier molecular flexibility index (Phi) is 4.98. The van der Waals surface area contributed by atoms with Gasteiger partial charge >= 0.3 is 0 Å². The van der Waals surface area contributed by atoms with E-state index >= 15 is 0 Å². The number of benzene rings is 1. The highest BCUT2D eigenvalue weighted by atomic mass is 32.2. The second-order valence-corrected chi connectivity index (χ2v) is 6.52. The minimum atomic E-state index is -3.16. The molecule has 2 rings (SSSR count). The number of sulfonamides is 1. The number of methoxy groups -OCH3 is 1. The minimum absolute atomic E-state index is 0.0723. The summed E-state index contributed by atoms with van der Waals surface area (Å²) in [6.45, 7) is 1.91. The molecule has 0 radical (unpaired) electrons. The van der Waals surface area contributed by atoms with Crippen molar-refractivity contribution in [2.24, 2.45) is 0 Å². The van der Waals surface area contributed by atoms with Gasteiger partial charge in [0.25, 0.3) is 0 Å². The summed E-state index contributed by atoms with van der Waals surface area (Å²) in [6.07, 6.45) is 2.03. The summed E-state index contributed by atoms with van der Waals surface area (Å²) in [4.78, 5) is 4.34. The minimum Gasteiger partial charge on any atom is -0.497 e. The van der Waals surface area contributed by atoms with Gasteiger partial charge in [-0.15, -0.1) is 0 Å². The van der Waals surface area contributed by atoms with E-state index in [0.29, 0.717) is 24.6 Å². The first kappa shape index (κ1) is 15.5. The zero-order valence-corrected chi connectivity index (χ0v) is 12.8. The summed E-state index contributed by atoms with van der Waals surface area (Å²) >= 11 is 0. The summed E-state index contributed by atoms with van der Waals surface area (Å²) in [6, 6.07) is 7.37. The molecule has 2 aromatic rings. The van der Waals surface area contributed by atoms with E-state index in [1.165, 1.54) is 0 Å². The lowest BCUT2D eigenvalue weighted by Gasteiger charge is -2.01. The number of ether oxygens (including phenoxy) is 1. The molecular formula is C14H18N2O4S. The summed E-state index contributed by atoms with van der Waals surface area (Å²) < 4.78 is 35.6. The van der Waals surface area contributed by atoms with Crippen LogP contribution in [-0.2, 0) is 16.4 Å². The van der Waals surface area contributed by atoms with Crippen LogP contribution in [0.1, 0.15) is 12.6 Å². The number of nitrogens with one attached hydrogen (secondary N) is 1. The Morgan fingerprint density at radius 3 is 2.62 bits per heavy atom. The third-order valence-corrected chi connectivity index (χ3v) is 4.38. The Labute approximate surface area is 124 Å². The summed E-state index contributed by atoms with van der Waals surface area (Å²) in [5, 5.41) is 0. The maximum absolute atomic E-state index is 11.3. The van der Waals surface area contributed by atoms with Crippen molar-refractivity contribution in [2.75, 3.05) is 19.4 Å². The van der Waals surface area contributed by atoms with Crippen molar-refractivity contribution >= 4 is 10.0 Å². The van der Waals surface area contributed by atoms with E-state index in [4.69, 9.17) is 9.15 Å². The molecule has 0 aliphatic heterocycles. The zero-order chi connectivity index (χ0) is 15.3. The van der Waals surface area contributed by atoms with Crippen molar-refractivity contribution in [2.45, 2.75) is 13.3 Å². The van der Waals surface area contributed by atoms with Crippen LogP contribution < -0.4 is 9.46 Å². The van der Waals surface area contributed by atoms with E-state index in [1.54, 1.807) is 20.3 Å². The maximum Gasteiger partial charge on any atom is 0.226 e. The molecule has 0 fully saturated rings. The quantitative estimate of drug-likeness (QED) is 0.844. The van der Waals surface area contributed by atoms with Crippen LogP contribution in [0.4, 0.5) is 0 Å². The number of nitrogens with zero attached hydrogens (tertiary/aromatic N) is 1. The monoisotopic (exact) mass is 310 g/mol. The summed E-state index contributed by atoms with van der Waals surface area (Å²) in [5.74, 6) is 1.34. The van der Waals surface area contributed by atoms with Gasteiger partial charge in [0.1, 0.15) is 12.0 Å². The van der Waals surface area contributed by atoms with E-state index in [2.05, 4.69) is 9.71 Å². The molecule has 0 atom stereocenters. The predicted octanol–water partition coefficient (Wildman–Crippen LogP) is 1.83. The van der Waals surface area contributed by atoms with Gasteiger partial charge < -0.3 is 9.15 Å². The van der Waals surface area contributed by atoms with Crippen LogP contribution in [0.15, 0.2) is 34.9 Å². The Morgan fingerprint density at radius 2 is 2.00 bits per heavy atom. The lowest BCUT2D eigenvalue weighted by atomic mass is 10.2. The van der Waals surface area contributed by atoms with Gasteiger partial charge in [-0.1, -0.05) is 0 Å². The molecule has 0 amide bonds. The molecule has 0 spiro atoms. The SMILES string of the molecule is CCS(=O)(=O)NCCc1coc(-c2ccc(OC)cc2)n1. The first-order valence-electron chi connectivity index (χ1n) is 6.60. The third-order valence-electron chi connectivity index (χ3n) is 2.97. The van der Waals surface area contributed by atoms with Gasteiger partial charge in [0, 0.05) is 18.5 Å². The van der Waals surface area contributed by atoms with Gasteiger partial charge in [0.15, 0.2) is 0 Å². The highest BCUT2D eigenvalue weighted by Gasteiger charge is 2.09. The Bertz CT molecular complexity index is 677. The van der Waals surface area contributed by atoms with Crippen LogP contribution >= 0.6 is 0 Å². The number of hydrogen-bond donors (Lipinski definition) is 1. The Balaban J connectivity index is 1.97. The third kappa shape index (κ3) is 4.30.